The van der Waals surface area contributed by atoms with Crippen molar-refractivity contribution in [3.63, 3.8) is 0 Å². The monoisotopic (exact) mass is 522 g/mol. The molecule has 2 saturated heterocycles. The highest BCUT2D eigenvalue weighted by molar-refractivity contribution is 7.90. The normalized spacial score (nSPS) is 20.2. The van der Waals surface area contributed by atoms with Crippen LogP contribution in [-0.4, -0.2) is 66.9 Å². The van der Waals surface area contributed by atoms with E-state index in [4.69, 9.17) is 9.47 Å². The first-order chi connectivity index (χ1) is 17.2. The molecule has 3 heterocycles. The van der Waals surface area contributed by atoms with Crippen LogP contribution < -0.4 is 5.32 Å². The van der Waals surface area contributed by atoms with Crippen LogP contribution in [0.5, 0.6) is 0 Å². The highest BCUT2D eigenvalue weighted by atomic mass is 32.2. The number of benzene rings is 1. The first-order valence-electron chi connectivity index (χ1n) is 12.5. The number of sulfone groups is 1. The Hall–Kier alpha value is -2.50. The number of imidazole rings is 1. The fraction of sp³-hybridized carbons (Fsp3) is 0.600. The first kappa shape index (κ1) is 26.6. The lowest BCUT2D eigenvalue weighted by Crippen LogP contribution is -2.46. The molecule has 9 nitrogen and oxygen atoms in total. The van der Waals surface area contributed by atoms with Gasteiger partial charge in [0.15, 0.2) is 0 Å². The summed E-state index contributed by atoms with van der Waals surface area (Å²) in [6, 6.07) is 5.52. The molecule has 4 rings (SSSR count). The van der Waals surface area contributed by atoms with Gasteiger partial charge in [0.1, 0.15) is 5.82 Å². The molecule has 2 atom stereocenters. The standard InChI is InChI=1S/C25H35FN4O5S/c1-18(2)28-24(31)29(15-21-8-5-11-34-21)14-20-13-27-25(30(20)16-22-9-6-12-35-22)36(32,33)17-19-7-3-4-10-23(19)26/h3-4,7,10,13,18,21-22H,5-6,8-9,11-12,14-17H2,1-2H3,(H,28,31). The topological polar surface area (TPSA) is 103 Å². The van der Waals surface area contributed by atoms with Crippen molar-refractivity contribution in [2.45, 2.75) is 81.8 Å². The molecule has 0 aliphatic carbocycles. The Morgan fingerprint density at radius 3 is 2.53 bits per heavy atom. The summed E-state index contributed by atoms with van der Waals surface area (Å²) < 4.78 is 54.2. The van der Waals surface area contributed by atoms with Crippen LogP contribution in [0.15, 0.2) is 35.6 Å². The minimum Gasteiger partial charge on any atom is -0.376 e. The molecule has 2 aromatic rings. The molecule has 198 valence electrons. The lowest BCUT2D eigenvalue weighted by molar-refractivity contribution is 0.0768. The summed E-state index contributed by atoms with van der Waals surface area (Å²) in [7, 11) is -3.97. The number of carbonyl (C=O) groups is 1. The number of rotatable bonds is 10. The first-order valence-corrected chi connectivity index (χ1v) is 14.2. The van der Waals surface area contributed by atoms with E-state index >= 15 is 0 Å². The van der Waals surface area contributed by atoms with E-state index in [-0.39, 0.29) is 41.5 Å². The van der Waals surface area contributed by atoms with Gasteiger partial charge in [0, 0.05) is 31.4 Å². The molecule has 0 spiro atoms. The van der Waals surface area contributed by atoms with Crippen LogP contribution in [0.1, 0.15) is 50.8 Å². The SMILES string of the molecule is CC(C)NC(=O)N(Cc1cnc(S(=O)(=O)Cc2ccccc2F)n1CC1CCCO1)CC1CCCO1. The van der Waals surface area contributed by atoms with Crippen LogP contribution in [0.2, 0.25) is 0 Å². The maximum absolute atomic E-state index is 14.3. The largest absolute Gasteiger partial charge is 0.376 e. The van der Waals surface area contributed by atoms with E-state index in [1.165, 1.54) is 24.4 Å². The maximum atomic E-state index is 14.3. The predicted molar refractivity (Wildman–Crippen MR) is 132 cm³/mol. The quantitative estimate of drug-likeness (QED) is 0.514. The number of hydrogen-bond donors (Lipinski definition) is 1. The van der Waals surface area contributed by atoms with Crippen molar-refractivity contribution in [2.75, 3.05) is 19.8 Å². The van der Waals surface area contributed by atoms with Gasteiger partial charge < -0.3 is 24.3 Å². The van der Waals surface area contributed by atoms with Gasteiger partial charge in [-0.1, -0.05) is 18.2 Å². The van der Waals surface area contributed by atoms with E-state index in [2.05, 4.69) is 10.3 Å². The fourth-order valence-electron chi connectivity index (χ4n) is 4.63. The Balaban J connectivity index is 1.64. The van der Waals surface area contributed by atoms with Crippen molar-refractivity contribution in [1.29, 1.82) is 0 Å². The molecule has 2 amide bonds. The average molecular weight is 523 g/mol. The molecule has 11 heteroatoms. The van der Waals surface area contributed by atoms with Gasteiger partial charge in [0.05, 0.1) is 42.9 Å². The molecule has 2 aliphatic rings. The highest BCUT2D eigenvalue weighted by Gasteiger charge is 2.30. The molecule has 0 saturated carbocycles. The number of carbonyl (C=O) groups excluding carboxylic acids is 1. The third-order valence-corrected chi connectivity index (χ3v) is 7.97. The summed E-state index contributed by atoms with van der Waals surface area (Å²) in [5.41, 5.74) is 0.663. The summed E-state index contributed by atoms with van der Waals surface area (Å²) in [6.07, 6.45) is 4.78. The Labute approximate surface area is 211 Å². The zero-order valence-electron chi connectivity index (χ0n) is 20.9. The third-order valence-electron chi connectivity index (χ3n) is 6.39. The highest BCUT2D eigenvalue weighted by Crippen LogP contribution is 2.24. The Morgan fingerprint density at radius 1 is 1.19 bits per heavy atom. The predicted octanol–water partition coefficient (Wildman–Crippen LogP) is 3.27. The van der Waals surface area contributed by atoms with Gasteiger partial charge in [0.25, 0.3) is 0 Å². The van der Waals surface area contributed by atoms with E-state index in [9.17, 15) is 17.6 Å². The van der Waals surface area contributed by atoms with Crippen molar-refractivity contribution in [3.8, 4) is 0 Å². The molecule has 36 heavy (non-hydrogen) atoms. The molecule has 0 bridgehead atoms. The van der Waals surface area contributed by atoms with Crippen LogP contribution in [0.3, 0.4) is 0 Å². The minimum absolute atomic E-state index is 0.0574. The lowest BCUT2D eigenvalue weighted by Gasteiger charge is -2.27. The van der Waals surface area contributed by atoms with Crippen LogP contribution in [0, 0.1) is 5.82 Å². The van der Waals surface area contributed by atoms with Crippen molar-refractivity contribution in [3.05, 3.63) is 47.5 Å². The van der Waals surface area contributed by atoms with Crippen LogP contribution in [0.4, 0.5) is 9.18 Å². The van der Waals surface area contributed by atoms with Crippen LogP contribution in [0.25, 0.3) is 0 Å². The summed E-state index contributed by atoms with van der Waals surface area (Å²) in [5.74, 6) is -1.08. The zero-order chi connectivity index (χ0) is 25.7. The lowest BCUT2D eigenvalue weighted by atomic mass is 10.2. The van der Waals surface area contributed by atoms with Gasteiger partial charge in [-0.15, -0.1) is 0 Å². The smallest absolute Gasteiger partial charge is 0.318 e. The molecule has 1 aromatic heterocycles. The number of nitrogens with zero attached hydrogens (tertiary/aromatic N) is 3. The zero-order valence-corrected chi connectivity index (χ0v) is 21.7. The number of hydrogen-bond acceptors (Lipinski definition) is 6. The van der Waals surface area contributed by atoms with Crippen LogP contribution >= 0.6 is 0 Å². The number of amides is 2. The summed E-state index contributed by atoms with van der Waals surface area (Å²) >= 11 is 0. The van der Waals surface area contributed by atoms with Crippen molar-refractivity contribution in [1.82, 2.24) is 19.8 Å². The maximum Gasteiger partial charge on any atom is 0.318 e. The van der Waals surface area contributed by atoms with E-state index in [1.54, 1.807) is 15.5 Å². The van der Waals surface area contributed by atoms with Crippen molar-refractivity contribution < 1.29 is 27.1 Å². The van der Waals surface area contributed by atoms with E-state index in [0.717, 1.165) is 25.7 Å². The van der Waals surface area contributed by atoms with E-state index in [0.29, 0.717) is 32.0 Å². The van der Waals surface area contributed by atoms with Crippen LogP contribution in [-0.2, 0) is 38.2 Å². The molecule has 1 N–H and O–H groups in total. The number of urea groups is 1. The number of halogens is 1. The molecule has 2 unspecified atom stereocenters. The third kappa shape index (κ3) is 6.63. The average Bonchev–Trinajstić information content (AvgIpc) is 3.58. The molecule has 2 aliphatic heterocycles. The summed E-state index contributed by atoms with van der Waals surface area (Å²) in [4.78, 5) is 18.9. The number of ether oxygens (including phenoxy) is 2. The number of nitrogens with one attached hydrogen (secondary N) is 1. The van der Waals surface area contributed by atoms with Crippen molar-refractivity contribution in [2.24, 2.45) is 0 Å². The second-order valence-electron chi connectivity index (χ2n) is 9.75. The Bertz CT molecular complexity index is 1140. The van der Waals surface area contributed by atoms with Gasteiger partial charge in [-0.25, -0.2) is 22.6 Å². The molecule has 2 fully saturated rings. The Kier molecular flexibility index (Phi) is 8.63. The van der Waals surface area contributed by atoms with Gasteiger partial charge in [-0.05, 0) is 45.6 Å². The van der Waals surface area contributed by atoms with Gasteiger partial charge in [-0.3, -0.25) is 0 Å². The number of aromatic nitrogens is 2. The van der Waals surface area contributed by atoms with Crippen molar-refractivity contribution >= 4 is 15.9 Å². The van der Waals surface area contributed by atoms with Gasteiger partial charge >= 0.3 is 6.03 Å². The fourth-order valence-corrected chi connectivity index (χ4v) is 6.14. The van der Waals surface area contributed by atoms with Gasteiger partial charge in [-0.2, -0.15) is 0 Å². The molecule has 1 aromatic carbocycles. The molecular weight excluding hydrogens is 487 g/mol. The summed E-state index contributed by atoms with van der Waals surface area (Å²) in [6.45, 7) is 5.90. The molecular formula is C25H35FN4O5S. The second kappa shape index (κ2) is 11.7. The van der Waals surface area contributed by atoms with E-state index in [1.807, 2.05) is 13.8 Å². The Morgan fingerprint density at radius 2 is 1.89 bits per heavy atom. The van der Waals surface area contributed by atoms with Gasteiger partial charge in [0.2, 0.25) is 15.0 Å². The van der Waals surface area contributed by atoms with E-state index < -0.39 is 21.4 Å². The minimum atomic E-state index is -3.97. The molecule has 0 radical (unpaired) electrons. The summed E-state index contributed by atoms with van der Waals surface area (Å²) in [5, 5.41) is 2.78. The second-order valence-corrected chi connectivity index (χ2v) is 11.6.